The van der Waals surface area contributed by atoms with E-state index in [0.717, 1.165) is 53.4 Å². The molecule has 0 spiro atoms. The maximum Gasteiger partial charge on any atom is 0.348 e. The summed E-state index contributed by atoms with van der Waals surface area (Å²) < 4.78 is 7.10. The highest BCUT2D eigenvalue weighted by atomic mass is 32.1. The fourth-order valence-corrected chi connectivity index (χ4v) is 4.74. The summed E-state index contributed by atoms with van der Waals surface area (Å²) in [4.78, 5) is 29.3. The van der Waals surface area contributed by atoms with E-state index in [1.54, 1.807) is 0 Å². The summed E-state index contributed by atoms with van der Waals surface area (Å²) in [6.07, 6.45) is 7.81. The van der Waals surface area contributed by atoms with E-state index in [9.17, 15) is 4.79 Å². The number of piperidine rings is 1. The molecule has 26 heavy (non-hydrogen) atoms. The van der Waals surface area contributed by atoms with E-state index in [1.165, 1.54) is 18.4 Å². The van der Waals surface area contributed by atoms with Gasteiger partial charge < -0.3 is 14.2 Å². The first-order chi connectivity index (χ1) is 12.6. The van der Waals surface area contributed by atoms with Crippen LogP contribution in [0.3, 0.4) is 0 Å². The minimum atomic E-state index is -0.312. The van der Waals surface area contributed by atoms with Crippen molar-refractivity contribution in [2.75, 3.05) is 25.1 Å². The topological polar surface area (TPSA) is 73.1 Å². The average Bonchev–Trinajstić information content (AvgIpc) is 3.29. The number of ether oxygens (including phenoxy) is 1. The summed E-state index contributed by atoms with van der Waals surface area (Å²) in [7, 11) is 1.41. The van der Waals surface area contributed by atoms with Crippen molar-refractivity contribution in [3.05, 3.63) is 35.0 Å². The molecule has 1 fully saturated rings. The molecule has 3 aromatic rings. The molecule has 4 heterocycles. The van der Waals surface area contributed by atoms with E-state index < -0.39 is 0 Å². The number of aryl methyl sites for hydroxylation is 2. The lowest BCUT2D eigenvalue weighted by molar-refractivity contribution is 0.0605. The molecule has 0 amide bonds. The summed E-state index contributed by atoms with van der Waals surface area (Å²) in [5, 5.41) is 0.974. The SMILES string of the molecule is COC(=O)c1sc2nc(C)nc(N3CCC(n4ccnc4)CC3)c2c1C. The van der Waals surface area contributed by atoms with E-state index in [4.69, 9.17) is 9.72 Å². The van der Waals surface area contributed by atoms with E-state index in [-0.39, 0.29) is 5.97 Å². The molecular formula is C18H21N5O2S. The molecule has 0 radical (unpaired) electrons. The Morgan fingerprint density at radius 1 is 1.27 bits per heavy atom. The molecule has 0 aliphatic carbocycles. The molecule has 4 rings (SSSR count). The second-order valence-corrected chi connectivity index (χ2v) is 7.55. The van der Waals surface area contributed by atoms with Gasteiger partial charge in [0.1, 0.15) is 21.3 Å². The smallest absolute Gasteiger partial charge is 0.348 e. The molecular weight excluding hydrogens is 350 g/mol. The van der Waals surface area contributed by atoms with Crippen molar-refractivity contribution in [2.45, 2.75) is 32.7 Å². The number of carbonyl (C=O) groups excluding carboxylic acids is 1. The lowest BCUT2D eigenvalue weighted by Gasteiger charge is -2.33. The number of nitrogens with zero attached hydrogens (tertiary/aromatic N) is 5. The number of aromatic nitrogens is 4. The number of anilines is 1. The molecule has 0 bridgehead atoms. The van der Waals surface area contributed by atoms with Gasteiger partial charge in [0.05, 0.1) is 18.8 Å². The second-order valence-electron chi connectivity index (χ2n) is 6.55. The minimum absolute atomic E-state index is 0.312. The zero-order valence-electron chi connectivity index (χ0n) is 15.1. The third kappa shape index (κ3) is 2.84. The summed E-state index contributed by atoms with van der Waals surface area (Å²) in [5.74, 6) is 1.34. The van der Waals surface area contributed by atoms with Crippen LogP contribution in [-0.2, 0) is 4.74 Å². The van der Waals surface area contributed by atoms with E-state index in [1.807, 2.05) is 32.6 Å². The lowest BCUT2D eigenvalue weighted by Crippen LogP contribution is -2.35. The highest BCUT2D eigenvalue weighted by molar-refractivity contribution is 7.20. The number of imidazole rings is 1. The standard InChI is InChI=1S/C18H21N5O2S/c1-11-14-16(20-12(2)21-17(14)26-15(11)18(24)25-3)22-7-4-13(5-8-22)23-9-6-19-10-23/h6,9-10,13H,4-5,7-8H2,1-3H3. The first-order valence-electron chi connectivity index (χ1n) is 8.67. The van der Waals surface area contributed by atoms with Gasteiger partial charge in [-0.3, -0.25) is 0 Å². The Bertz CT molecular complexity index is 942. The molecule has 0 N–H and O–H groups in total. The Labute approximate surface area is 155 Å². The maximum absolute atomic E-state index is 12.1. The largest absolute Gasteiger partial charge is 0.465 e. The van der Waals surface area contributed by atoms with E-state index >= 15 is 0 Å². The Morgan fingerprint density at radius 2 is 2.04 bits per heavy atom. The van der Waals surface area contributed by atoms with E-state index in [0.29, 0.717) is 10.9 Å². The number of rotatable bonds is 3. The van der Waals surface area contributed by atoms with Crippen LogP contribution in [0.2, 0.25) is 0 Å². The van der Waals surface area contributed by atoms with Crippen LogP contribution in [-0.4, -0.2) is 45.7 Å². The van der Waals surface area contributed by atoms with Crippen LogP contribution < -0.4 is 4.90 Å². The molecule has 0 atom stereocenters. The number of hydrogen-bond donors (Lipinski definition) is 0. The van der Waals surface area contributed by atoms with Crippen LogP contribution in [0.25, 0.3) is 10.2 Å². The van der Waals surface area contributed by atoms with Crippen molar-refractivity contribution in [3.8, 4) is 0 Å². The average molecular weight is 371 g/mol. The molecule has 0 unspecified atom stereocenters. The number of esters is 1. The molecule has 1 aliphatic rings. The Morgan fingerprint density at radius 3 is 2.69 bits per heavy atom. The van der Waals surface area contributed by atoms with Gasteiger partial charge in [-0.25, -0.2) is 19.7 Å². The molecule has 3 aromatic heterocycles. The first kappa shape index (κ1) is 17.0. The molecule has 7 nitrogen and oxygen atoms in total. The second kappa shape index (κ2) is 6.68. The predicted octanol–water partition coefficient (Wildman–Crippen LogP) is 3.13. The quantitative estimate of drug-likeness (QED) is 0.659. The van der Waals surface area contributed by atoms with Crippen molar-refractivity contribution in [1.29, 1.82) is 0 Å². The number of fused-ring (bicyclic) bond motifs is 1. The van der Waals surface area contributed by atoms with Gasteiger partial charge in [-0.05, 0) is 32.3 Å². The van der Waals surface area contributed by atoms with Crippen molar-refractivity contribution in [3.63, 3.8) is 0 Å². The molecule has 1 saturated heterocycles. The van der Waals surface area contributed by atoms with Crippen LogP contribution in [0.4, 0.5) is 5.82 Å². The van der Waals surface area contributed by atoms with Crippen LogP contribution in [0.5, 0.6) is 0 Å². The highest BCUT2D eigenvalue weighted by Crippen LogP contribution is 2.37. The van der Waals surface area contributed by atoms with Crippen molar-refractivity contribution in [2.24, 2.45) is 0 Å². The number of carbonyl (C=O) groups is 1. The molecule has 1 aliphatic heterocycles. The summed E-state index contributed by atoms with van der Waals surface area (Å²) in [5.41, 5.74) is 0.906. The Hall–Kier alpha value is -2.48. The van der Waals surface area contributed by atoms with Gasteiger partial charge >= 0.3 is 5.97 Å². The Kier molecular flexibility index (Phi) is 4.36. The van der Waals surface area contributed by atoms with Crippen LogP contribution in [0.15, 0.2) is 18.7 Å². The van der Waals surface area contributed by atoms with Crippen LogP contribution in [0, 0.1) is 13.8 Å². The first-order valence-corrected chi connectivity index (χ1v) is 9.48. The summed E-state index contributed by atoms with van der Waals surface area (Å²) >= 11 is 1.38. The summed E-state index contributed by atoms with van der Waals surface area (Å²) in [6.45, 7) is 5.67. The van der Waals surface area contributed by atoms with Crippen molar-refractivity contribution >= 4 is 33.3 Å². The Balaban J connectivity index is 1.68. The summed E-state index contributed by atoms with van der Waals surface area (Å²) in [6, 6.07) is 0.473. The normalized spacial score (nSPS) is 15.6. The molecule has 8 heteroatoms. The number of hydrogen-bond acceptors (Lipinski definition) is 7. The zero-order valence-corrected chi connectivity index (χ0v) is 15.9. The fraction of sp³-hybridized carbons (Fsp3) is 0.444. The molecule has 0 saturated carbocycles. The van der Waals surface area contributed by atoms with Gasteiger partial charge in [0.15, 0.2) is 0 Å². The third-order valence-corrected chi connectivity index (χ3v) is 6.13. The monoisotopic (exact) mass is 371 g/mol. The van der Waals surface area contributed by atoms with E-state index in [2.05, 4.69) is 19.4 Å². The minimum Gasteiger partial charge on any atom is -0.465 e. The third-order valence-electron chi connectivity index (χ3n) is 4.96. The fourth-order valence-electron chi connectivity index (χ4n) is 3.60. The van der Waals surface area contributed by atoms with Crippen molar-refractivity contribution in [1.82, 2.24) is 19.5 Å². The maximum atomic E-state index is 12.1. The van der Waals surface area contributed by atoms with Crippen molar-refractivity contribution < 1.29 is 9.53 Å². The van der Waals surface area contributed by atoms with Gasteiger partial charge in [0, 0.05) is 31.5 Å². The lowest BCUT2D eigenvalue weighted by atomic mass is 10.0. The molecule has 136 valence electrons. The zero-order chi connectivity index (χ0) is 18.3. The van der Waals surface area contributed by atoms with Gasteiger partial charge in [0.25, 0.3) is 0 Å². The predicted molar refractivity (Wildman–Crippen MR) is 101 cm³/mol. The van der Waals surface area contributed by atoms with Gasteiger partial charge in [-0.2, -0.15) is 0 Å². The van der Waals surface area contributed by atoms with Crippen LogP contribution >= 0.6 is 11.3 Å². The number of thiophene rings is 1. The number of methoxy groups -OCH3 is 1. The molecule has 0 aromatic carbocycles. The highest BCUT2D eigenvalue weighted by Gasteiger charge is 2.26. The van der Waals surface area contributed by atoms with Crippen LogP contribution in [0.1, 0.15) is 39.9 Å². The van der Waals surface area contributed by atoms with Gasteiger partial charge in [-0.15, -0.1) is 11.3 Å². The van der Waals surface area contributed by atoms with Gasteiger partial charge in [0.2, 0.25) is 0 Å². The van der Waals surface area contributed by atoms with Gasteiger partial charge in [-0.1, -0.05) is 0 Å².